The Labute approximate surface area is 173 Å². The van der Waals surface area contributed by atoms with E-state index in [2.05, 4.69) is 5.10 Å². The Morgan fingerprint density at radius 1 is 0.900 bits per heavy atom. The minimum atomic E-state index is -0.849. The van der Waals surface area contributed by atoms with Gasteiger partial charge in [-0.1, -0.05) is 60.7 Å². The summed E-state index contributed by atoms with van der Waals surface area (Å²) in [6.45, 7) is -0.00440. The molecule has 0 saturated heterocycles. The molecule has 1 aromatic heterocycles. The third-order valence-electron chi connectivity index (χ3n) is 4.17. The summed E-state index contributed by atoms with van der Waals surface area (Å²) < 4.78 is 11.7. The summed E-state index contributed by atoms with van der Waals surface area (Å²) in [6, 6.07) is 19.4. The van der Waals surface area contributed by atoms with Gasteiger partial charge in [0.25, 0.3) is 5.56 Å². The fourth-order valence-electron chi connectivity index (χ4n) is 2.53. The fraction of sp³-hybridized carbons (Fsp3) is 0.130. The number of aryl methyl sites for hydroxylation is 1. The first kappa shape index (κ1) is 20.7. The van der Waals surface area contributed by atoms with Crippen molar-refractivity contribution in [1.82, 2.24) is 9.78 Å². The van der Waals surface area contributed by atoms with E-state index in [1.165, 1.54) is 25.4 Å². The highest BCUT2D eigenvalue weighted by molar-refractivity contribution is 6.17. The lowest BCUT2D eigenvalue weighted by Gasteiger charge is -2.09. The van der Waals surface area contributed by atoms with Crippen LogP contribution < -0.4 is 5.56 Å². The first-order valence-electron chi connectivity index (χ1n) is 9.20. The third-order valence-corrected chi connectivity index (χ3v) is 4.17. The van der Waals surface area contributed by atoms with Crippen molar-refractivity contribution in [3.8, 4) is 0 Å². The summed E-state index contributed by atoms with van der Waals surface area (Å²) in [5.41, 5.74) is 1.15. The fourth-order valence-corrected chi connectivity index (χ4v) is 2.53. The Bertz CT molecular complexity index is 1050. The average molecular weight is 404 g/mol. The van der Waals surface area contributed by atoms with Crippen LogP contribution in [0.3, 0.4) is 0 Å². The number of ether oxygens (including phenoxy) is 2. The van der Waals surface area contributed by atoms with Gasteiger partial charge in [-0.25, -0.2) is 14.3 Å². The van der Waals surface area contributed by atoms with Gasteiger partial charge in [0.15, 0.2) is 0 Å². The number of hydrogen-bond donors (Lipinski definition) is 0. The lowest BCUT2D eigenvalue weighted by atomic mass is 10.1. The largest absolute Gasteiger partial charge is 0.457 e. The van der Waals surface area contributed by atoms with Crippen LogP contribution >= 0.6 is 0 Å². The number of esters is 2. The van der Waals surface area contributed by atoms with E-state index in [0.717, 1.165) is 15.8 Å². The molecule has 7 nitrogen and oxygen atoms in total. The standard InChI is InChI=1S/C23H20N2O5/c1-25-21(26)13-19(14-24-25)12-20(22(27)29-15-17-8-4-2-5-9-17)23(28)30-16-18-10-6-3-7-11-18/h2-14H,15-16H2,1H3. The van der Waals surface area contributed by atoms with Gasteiger partial charge in [0, 0.05) is 18.7 Å². The van der Waals surface area contributed by atoms with Gasteiger partial charge in [0.1, 0.15) is 18.8 Å². The van der Waals surface area contributed by atoms with Crippen LogP contribution in [-0.4, -0.2) is 21.7 Å². The molecule has 0 spiro atoms. The molecule has 0 aliphatic heterocycles. The normalized spacial score (nSPS) is 10.2. The van der Waals surface area contributed by atoms with E-state index in [0.29, 0.717) is 5.56 Å². The number of nitrogens with zero attached hydrogens (tertiary/aromatic N) is 2. The van der Waals surface area contributed by atoms with E-state index in [4.69, 9.17) is 9.47 Å². The van der Waals surface area contributed by atoms with Crippen LogP contribution in [0.4, 0.5) is 0 Å². The van der Waals surface area contributed by atoms with Crippen LogP contribution in [0, 0.1) is 0 Å². The van der Waals surface area contributed by atoms with Gasteiger partial charge in [-0.15, -0.1) is 0 Å². The molecule has 0 bridgehead atoms. The quantitative estimate of drug-likeness (QED) is 0.260. The Balaban J connectivity index is 1.80. The lowest BCUT2D eigenvalue weighted by Crippen LogP contribution is -2.20. The van der Waals surface area contributed by atoms with E-state index < -0.39 is 11.9 Å². The molecule has 152 valence electrons. The van der Waals surface area contributed by atoms with E-state index in [9.17, 15) is 14.4 Å². The Morgan fingerprint density at radius 3 is 1.87 bits per heavy atom. The molecule has 7 heteroatoms. The van der Waals surface area contributed by atoms with Crippen LogP contribution in [0.5, 0.6) is 0 Å². The first-order chi connectivity index (χ1) is 14.5. The second-order valence-electron chi connectivity index (χ2n) is 6.43. The average Bonchev–Trinajstić information content (AvgIpc) is 2.78. The van der Waals surface area contributed by atoms with Crippen LogP contribution in [0.1, 0.15) is 16.7 Å². The maximum Gasteiger partial charge on any atom is 0.345 e. The third kappa shape index (κ3) is 5.75. The molecule has 0 aliphatic carbocycles. The summed E-state index contributed by atoms with van der Waals surface area (Å²) in [7, 11) is 1.50. The number of carbonyl (C=O) groups excluding carboxylic acids is 2. The highest BCUT2D eigenvalue weighted by atomic mass is 16.6. The van der Waals surface area contributed by atoms with Crippen molar-refractivity contribution in [2.75, 3.05) is 0 Å². The van der Waals surface area contributed by atoms with Crippen LogP contribution in [-0.2, 0) is 39.3 Å². The molecule has 30 heavy (non-hydrogen) atoms. The maximum absolute atomic E-state index is 12.6. The minimum Gasteiger partial charge on any atom is -0.457 e. The molecular formula is C23H20N2O5. The molecule has 0 atom stereocenters. The topological polar surface area (TPSA) is 87.5 Å². The van der Waals surface area contributed by atoms with Crippen LogP contribution in [0.15, 0.2) is 83.3 Å². The van der Waals surface area contributed by atoms with Crippen molar-refractivity contribution < 1.29 is 19.1 Å². The van der Waals surface area contributed by atoms with Crippen molar-refractivity contribution in [2.24, 2.45) is 7.05 Å². The number of benzene rings is 2. The zero-order valence-corrected chi connectivity index (χ0v) is 16.4. The first-order valence-corrected chi connectivity index (χ1v) is 9.20. The van der Waals surface area contributed by atoms with Crippen LogP contribution in [0.2, 0.25) is 0 Å². The predicted octanol–water partition coefficient (Wildman–Crippen LogP) is 2.65. The summed E-state index contributed by atoms with van der Waals surface area (Å²) >= 11 is 0. The van der Waals surface area contributed by atoms with Gasteiger partial charge in [0.05, 0.1) is 6.20 Å². The Hall–Kier alpha value is -4.00. The van der Waals surface area contributed by atoms with Crippen LogP contribution in [0.25, 0.3) is 6.08 Å². The number of hydrogen-bond acceptors (Lipinski definition) is 6. The van der Waals surface area contributed by atoms with Crippen molar-refractivity contribution >= 4 is 18.0 Å². The zero-order chi connectivity index (χ0) is 21.3. The molecule has 0 fully saturated rings. The van der Waals surface area contributed by atoms with Gasteiger partial charge < -0.3 is 9.47 Å². The number of carbonyl (C=O) groups is 2. The lowest BCUT2D eigenvalue weighted by molar-refractivity contribution is -0.148. The zero-order valence-electron chi connectivity index (χ0n) is 16.4. The Morgan fingerprint density at radius 2 is 1.40 bits per heavy atom. The summed E-state index contributed by atoms with van der Waals surface area (Å²) in [5, 5.41) is 3.89. The van der Waals surface area contributed by atoms with Gasteiger partial charge in [0.2, 0.25) is 0 Å². The summed E-state index contributed by atoms with van der Waals surface area (Å²) in [6.07, 6.45) is 2.62. The smallest absolute Gasteiger partial charge is 0.345 e. The molecule has 3 aromatic rings. The molecule has 1 heterocycles. The predicted molar refractivity (Wildman–Crippen MR) is 110 cm³/mol. The summed E-state index contributed by atoms with van der Waals surface area (Å²) in [5.74, 6) is -1.70. The van der Waals surface area contributed by atoms with Crippen molar-refractivity contribution in [1.29, 1.82) is 0 Å². The molecule has 0 radical (unpaired) electrons. The molecule has 3 rings (SSSR count). The maximum atomic E-state index is 12.6. The van der Waals surface area contributed by atoms with Gasteiger partial charge in [-0.3, -0.25) is 4.79 Å². The number of aromatic nitrogens is 2. The van der Waals surface area contributed by atoms with E-state index in [-0.39, 0.29) is 24.3 Å². The van der Waals surface area contributed by atoms with Gasteiger partial charge in [-0.05, 0) is 17.2 Å². The molecular weight excluding hydrogens is 384 g/mol. The van der Waals surface area contributed by atoms with Gasteiger partial charge in [-0.2, -0.15) is 5.10 Å². The van der Waals surface area contributed by atoms with E-state index in [1.54, 1.807) is 24.3 Å². The highest BCUT2D eigenvalue weighted by Gasteiger charge is 2.22. The van der Waals surface area contributed by atoms with Crippen molar-refractivity contribution in [3.63, 3.8) is 0 Å². The van der Waals surface area contributed by atoms with Crippen molar-refractivity contribution in [2.45, 2.75) is 13.2 Å². The monoisotopic (exact) mass is 404 g/mol. The Kier molecular flexibility index (Phi) is 6.89. The van der Waals surface area contributed by atoms with E-state index in [1.807, 2.05) is 36.4 Å². The highest BCUT2D eigenvalue weighted by Crippen LogP contribution is 2.12. The second kappa shape index (κ2) is 9.97. The SMILES string of the molecule is Cn1ncc(C=C(C(=O)OCc2ccccc2)C(=O)OCc2ccccc2)cc1=O. The second-order valence-corrected chi connectivity index (χ2v) is 6.43. The minimum absolute atomic E-state index is 0.00220. The molecule has 2 aromatic carbocycles. The van der Waals surface area contributed by atoms with E-state index >= 15 is 0 Å². The molecule has 0 unspecified atom stereocenters. The number of rotatable bonds is 7. The molecule has 0 N–H and O–H groups in total. The molecule has 0 saturated carbocycles. The van der Waals surface area contributed by atoms with Crippen molar-refractivity contribution in [3.05, 3.63) is 106 Å². The molecule has 0 aliphatic rings. The van der Waals surface area contributed by atoms with Gasteiger partial charge >= 0.3 is 11.9 Å². The molecule has 0 amide bonds. The summed E-state index contributed by atoms with van der Waals surface area (Å²) in [4.78, 5) is 37.1.